The first-order valence-corrected chi connectivity index (χ1v) is 10.7. The van der Waals surface area contributed by atoms with Crippen LogP contribution in [0.3, 0.4) is 0 Å². The van der Waals surface area contributed by atoms with Crippen LogP contribution in [-0.2, 0) is 19.1 Å². The molecule has 0 spiro atoms. The van der Waals surface area contributed by atoms with Gasteiger partial charge in [-0.2, -0.15) is 13.2 Å². The molecule has 4 rings (SSSR count). The third-order valence-corrected chi connectivity index (χ3v) is 5.86. The largest absolute Gasteiger partial charge is 0.478 e. The lowest BCUT2D eigenvalue weighted by atomic mass is 10.0. The molecule has 33 heavy (non-hydrogen) atoms. The maximum atomic E-state index is 12.9. The number of rotatable bonds is 6. The molecule has 0 aliphatic carbocycles. The maximum absolute atomic E-state index is 12.9. The zero-order valence-electron chi connectivity index (χ0n) is 18.1. The predicted octanol–water partition coefficient (Wildman–Crippen LogP) is 5.92. The van der Waals surface area contributed by atoms with Crippen molar-refractivity contribution >= 4 is 17.5 Å². The van der Waals surface area contributed by atoms with Crippen LogP contribution in [0.2, 0.25) is 0 Å². The van der Waals surface area contributed by atoms with Gasteiger partial charge in [0.15, 0.2) is 0 Å². The van der Waals surface area contributed by atoms with Gasteiger partial charge in [0.1, 0.15) is 5.82 Å². The SMILES string of the molecule is CC(Nc1nccc2c1N(Cc1ccc(C(F)(F)F)cc1)CCC2)c1ccc(C(=O)O)cc1. The third kappa shape index (κ3) is 5.10. The minimum absolute atomic E-state index is 0.123. The number of fused-ring (bicyclic) bond motifs is 1. The van der Waals surface area contributed by atoms with E-state index < -0.39 is 17.7 Å². The molecule has 1 aromatic heterocycles. The number of halogens is 3. The van der Waals surface area contributed by atoms with Crippen LogP contribution >= 0.6 is 0 Å². The van der Waals surface area contributed by atoms with Gasteiger partial charge in [-0.05, 0) is 66.8 Å². The lowest BCUT2D eigenvalue weighted by Gasteiger charge is -2.33. The number of nitrogens with zero attached hydrogens (tertiary/aromatic N) is 2. The molecule has 1 aliphatic rings. The number of nitrogens with one attached hydrogen (secondary N) is 1. The van der Waals surface area contributed by atoms with E-state index >= 15 is 0 Å². The van der Waals surface area contributed by atoms with E-state index in [4.69, 9.17) is 5.11 Å². The summed E-state index contributed by atoms with van der Waals surface area (Å²) in [6, 6.07) is 13.8. The van der Waals surface area contributed by atoms with Gasteiger partial charge >= 0.3 is 12.1 Å². The second-order valence-electron chi connectivity index (χ2n) is 8.18. The normalized spacial score (nSPS) is 14.5. The molecule has 0 fully saturated rings. The van der Waals surface area contributed by atoms with Crippen LogP contribution in [0, 0.1) is 0 Å². The molecule has 0 saturated heterocycles. The Kier molecular flexibility index (Phi) is 6.26. The maximum Gasteiger partial charge on any atom is 0.416 e. The summed E-state index contributed by atoms with van der Waals surface area (Å²) >= 11 is 0. The first-order valence-electron chi connectivity index (χ1n) is 10.7. The molecular weight excluding hydrogens is 431 g/mol. The van der Waals surface area contributed by atoms with Gasteiger partial charge < -0.3 is 15.3 Å². The summed E-state index contributed by atoms with van der Waals surface area (Å²) in [6.07, 6.45) is -0.750. The summed E-state index contributed by atoms with van der Waals surface area (Å²) in [5.41, 5.74) is 3.38. The van der Waals surface area contributed by atoms with Gasteiger partial charge in [-0.25, -0.2) is 9.78 Å². The van der Waals surface area contributed by atoms with Gasteiger partial charge in [0.25, 0.3) is 0 Å². The van der Waals surface area contributed by atoms with Crippen LogP contribution in [0.15, 0.2) is 60.8 Å². The number of aryl methyl sites for hydroxylation is 1. The van der Waals surface area contributed by atoms with Crippen molar-refractivity contribution in [1.29, 1.82) is 0 Å². The Morgan fingerprint density at radius 2 is 1.82 bits per heavy atom. The van der Waals surface area contributed by atoms with E-state index in [1.54, 1.807) is 30.5 Å². The van der Waals surface area contributed by atoms with Crippen LogP contribution in [-0.4, -0.2) is 22.6 Å². The Labute approximate surface area is 189 Å². The average molecular weight is 455 g/mol. The average Bonchev–Trinajstić information content (AvgIpc) is 2.79. The van der Waals surface area contributed by atoms with Crippen molar-refractivity contribution in [2.24, 2.45) is 0 Å². The Hall–Kier alpha value is -3.55. The standard InChI is InChI=1S/C25H24F3N3O2/c1-16(18-6-8-20(9-7-18)24(32)33)30-23-22-19(12-13-29-23)3-2-14-31(22)15-17-4-10-21(11-5-17)25(26,27)28/h4-13,16H,2-3,14-15H2,1H3,(H,29,30)(H,32,33). The fourth-order valence-electron chi connectivity index (χ4n) is 4.11. The van der Waals surface area contributed by atoms with E-state index in [9.17, 15) is 18.0 Å². The molecule has 172 valence electrons. The van der Waals surface area contributed by atoms with Gasteiger partial charge in [0, 0.05) is 19.3 Å². The lowest BCUT2D eigenvalue weighted by molar-refractivity contribution is -0.137. The van der Waals surface area contributed by atoms with E-state index in [1.165, 1.54) is 12.1 Å². The molecule has 3 aromatic rings. The van der Waals surface area contributed by atoms with Gasteiger partial charge in [0.2, 0.25) is 0 Å². The summed E-state index contributed by atoms with van der Waals surface area (Å²) in [6.45, 7) is 3.23. The minimum atomic E-state index is -4.35. The summed E-state index contributed by atoms with van der Waals surface area (Å²) in [7, 11) is 0. The lowest BCUT2D eigenvalue weighted by Crippen LogP contribution is -2.30. The molecule has 5 nitrogen and oxygen atoms in total. The Morgan fingerprint density at radius 3 is 2.45 bits per heavy atom. The number of aromatic carboxylic acids is 1. The van der Waals surface area contributed by atoms with E-state index in [0.717, 1.165) is 53.9 Å². The fraction of sp³-hybridized carbons (Fsp3) is 0.280. The molecule has 2 heterocycles. The molecule has 1 atom stereocenters. The molecule has 8 heteroatoms. The van der Waals surface area contributed by atoms with Gasteiger partial charge in [0.05, 0.1) is 22.9 Å². The van der Waals surface area contributed by atoms with Crippen molar-refractivity contribution in [3.8, 4) is 0 Å². The summed E-state index contributed by atoms with van der Waals surface area (Å²) < 4.78 is 38.7. The minimum Gasteiger partial charge on any atom is -0.478 e. The quantitative estimate of drug-likeness (QED) is 0.483. The first-order chi connectivity index (χ1) is 15.7. The monoisotopic (exact) mass is 455 g/mol. The van der Waals surface area contributed by atoms with Gasteiger partial charge in [-0.1, -0.05) is 24.3 Å². The first kappa shape index (κ1) is 22.6. The van der Waals surface area contributed by atoms with Crippen LogP contribution < -0.4 is 10.2 Å². The molecule has 2 aromatic carbocycles. The Balaban J connectivity index is 1.56. The van der Waals surface area contributed by atoms with Crippen molar-refractivity contribution in [1.82, 2.24) is 4.98 Å². The molecule has 0 radical (unpaired) electrons. The Bertz CT molecular complexity index is 1130. The highest BCUT2D eigenvalue weighted by molar-refractivity contribution is 5.87. The number of alkyl halides is 3. The van der Waals surface area contributed by atoms with Crippen LogP contribution in [0.4, 0.5) is 24.7 Å². The highest BCUT2D eigenvalue weighted by Gasteiger charge is 2.30. The molecule has 0 bridgehead atoms. The number of hydrogen-bond donors (Lipinski definition) is 2. The summed E-state index contributed by atoms with van der Waals surface area (Å²) in [5, 5.41) is 12.5. The molecule has 2 N–H and O–H groups in total. The number of aromatic nitrogens is 1. The van der Waals surface area contributed by atoms with Crippen molar-refractivity contribution in [3.05, 3.63) is 88.6 Å². The molecule has 1 unspecified atom stereocenters. The smallest absolute Gasteiger partial charge is 0.416 e. The summed E-state index contributed by atoms with van der Waals surface area (Å²) in [5.74, 6) is -0.270. The second-order valence-corrected chi connectivity index (χ2v) is 8.18. The number of anilines is 2. The molecular formula is C25H24F3N3O2. The van der Waals surface area contributed by atoms with E-state index in [1.807, 2.05) is 13.0 Å². The third-order valence-electron chi connectivity index (χ3n) is 5.86. The number of hydrogen-bond acceptors (Lipinski definition) is 4. The van der Waals surface area contributed by atoms with Crippen molar-refractivity contribution in [3.63, 3.8) is 0 Å². The predicted molar refractivity (Wildman–Crippen MR) is 120 cm³/mol. The number of carboxylic acid groups (broad SMARTS) is 1. The van der Waals surface area contributed by atoms with Crippen LogP contribution in [0.5, 0.6) is 0 Å². The highest BCUT2D eigenvalue weighted by Crippen LogP contribution is 2.36. The zero-order chi connectivity index (χ0) is 23.6. The number of pyridine rings is 1. The van der Waals surface area contributed by atoms with E-state index in [2.05, 4.69) is 15.2 Å². The molecule has 0 amide bonds. The highest BCUT2D eigenvalue weighted by atomic mass is 19.4. The van der Waals surface area contributed by atoms with Gasteiger partial charge in [-0.3, -0.25) is 0 Å². The van der Waals surface area contributed by atoms with Crippen LogP contribution in [0.1, 0.15) is 52.0 Å². The fourth-order valence-corrected chi connectivity index (χ4v) is 4.11. The molecule has 1 aliphatic heterocycles. The number of carboxylic acids is 1. The summed E-state index contributed by atoms with van der Waals surface area (Å²) in [4.78, 5) is 17.8. The van der Waals surface area contributed by atoms with E-state index in [-0.39, 0.29) is 11.6 Å². The van der Waals surface area contributed by atoms with Crippen molar-refractivity contribution < 1.29 is 23.1 Å². The molecule has 0 saturated carbocycles. The van der Waals surface area contributed by atoms with Crippen molar-refractivity contribution in [2.45, 2.75) is 38.5 Å². The van der Waals surface area contributed by atoms with Crippen molar-refractivity contribution in [2.75, 3.05) is 16.8 Å². The van der Waals surface area contributed by atoms with Crippen LogP contribution in [0.25, 0.3) is 0 Å². The number of benzene rings is 2. The van der Waals surface area contributed by atoms with Gasteiger partial charge in [-0.15, -0.1) is 0 Å². The Morgan fingerprint density at radius 1 is 1.12 bits per heavy atom. The number of carbonyl (C=O) groups is 1. The second kappa shape index (κ2) is 9.13. The topological polar surface area (TPSA) is 65.5 Å². The zero-order valence-corrected chi connectivity index (χ0v) is 18.1. The van der Waals surface area contributed by atoms with E-state index in [0.29, 0.717) is 12.4 Å².